The Balaban J connectivity index is 1.75. The van der Waals surface area contributed by atoms with E-state index in [1.807, 2.05) is 48.8 Å². The molecule has 0 spiro atoms. The smallest absolute Gasteiger partial charge is 0.322 e. The quantitative estimate of drug-likeness (QED) is 0.684. The molecule has 0 unspecified atom stereocenters. The number of nitrogens with zero attached hydrogens (tertiary/aromatic N) is 6. The molecule has 0 aromatic heterocycles. The molecular weight excluding hydrogens is 352 g/mol. The second-order valence-corrected chi connectivity index (χ2v) is 6.62. The number of hydrogen-bond acceptors (Lipinski definition) is 5. The van der Waals surface area contributed by atoms with Gasteiger partial charge in [0.15, 0.2) is 5.82 Å². The van der Waals surface area contributed by atoms with Crippen molar-refractivity contribution >= 4 is 6.03 Å². The molecule has 28 heavy (non-hydrogen) atoms. The maximum absolute atomic E-state index is 11.3. The summed E-state index contributed by atoms with van der Waals surface area (Å²) in [6, 6.07) is 19.8. The number of urea groups is 1. The van der Waals surface area contributed by atoms with E-state index in [1.54, 1.807) is 0 Å². The summed E-state index contributed by atoms with van der Waals surface area (Å²) in [5.41, 5.74) is 2.31. The Morgan fingerprint density at radius 3 is 1.54 bits per heavy atom. The lowest BCUT2D eigenvalue weighted by Gasteiger charge is -2.33. The highest BCUT2D eigenvalue weighted by atomic mass is 16.2. The Hall–Kier alpha value is -3.61. The molecule has 0 saturated carbocycles. The molecular formula is C21H20N6O. The molecule has 0 fully saturated rings. The van der Waals surface area contributed by atoms with Gasteiger partial charge in [-0.3, -0.25) is 0 Å². The van der Waals surface area contributed by atoms with Gasteiger partial charge >= 0.3 is 6.03 Å². The van der Waals surface area contributed by atoms with Gasteiger partial charge in [-0.2, -0.15) is 0 Å². The third-order valence-corrected chi connectivity index (χ3v) is 4.94. The minimum Gasteiger partial charge on any atom is -0.322 e. The lowest BCUT2D eigenvalue weighted by Crippen LogP contribution is -2.28. The largest absolute Gasteiger partial charge is 0.404 e. The monoisotopic (exact) mass is 372 g/mol. The summed E-state index contributed by atoms with van der Waals surface area (Å²) in [5, 5.41) is 15.2. The first-order valence-corrected chi connectivity index (χ1v) is 9.12. The Labute approximate surface area is 163 Å². The second kappa shape index (κ2) is 7.56. The highest BCUT2D eigenvalue weighted by Gasteiger charge is 2.32. The first-order valence-electron chi connectivity index (χ1n) is 9.12. The van der Waals surface area contributed by atoms with E-state index < -0.39 is 6.03 Å². The summed E-state index contributed by atoms with van der Waals surface area (Å²) in [7, 11) is 0. The molecule has 2 aromatic rings. The van der Waals surface area contributed by atoms with Crippen LogP contribution in [0.25, 0.3) is 0 Å². The fourth-order valence-electron chi connectivity index (χ4n) is 3.37. The van der Waals surface area contributed by atoms with E-state index in [1.165, 1.54) is 0 Å². The third kappa shape index (κ3) is 3.34. The predicted octanol–water partition coefficient (Wildman–Crippen LogP) is 5.76. The molecule has 2 aliphatic rings. The summed E-state index contributed by atoms with van der Waals surface area (Å²) in [6.07, 6.45) is 4.00. The van der Waals surface area contributed by atoms with Gasteiger partial charge in [-0.15, -0.1) is 10.2 Å². The van der Waals surface area contributed by atoms with E-state index in [2.05, 4.69) is 68.4 Å². The van der Waals surface area contributed by atoms with Crippen LogP contribution in [-0.2, 0) is 0 Å². The Kier molecular flexibility index (Phi) is 4.80. The molecule has 2 heterocycles. The maximum Gasteiger partial charge on any atom is 0.404 e. The summed E-state index contributed by atoms with van der Waals surface area (Å²) in [5.74, 6) is 1.06. The average Bonchev–Trinajstić information content (AvgIpc) is 3.19. The molecule has 0 aliphatic carbocycles. The first kappa shape index (κ1) is 17.8. The minimum atomic E-state index is -0.694. The SMILES string of the molecule is C[C@H](c1ccccc1)N1C=CN([C@H](C)c2ccccc2)C1=C1N=NC(=O)N=N1. The van der Waals surface area contributed by atoms with Crippen molar-refractivity contribution in [3.8, 4) is 0 Å². The summed E-state index contributed by atoms with van der Waals surface area (Å²) in [4.78, 5) is 15.5. The van der Waals surface area contributed by atoms with Crippen molar-refractivity contribution in [2.75, 3.05) is 0 Å². The lowest BCUT2D eigenvalue weighted by atomic mass is 10.1. The van der Waals surface area contributed by atoms with Gasteiger partial charge in [0.2, 0.25) is 5.82 Å². The number of carbonyl (C=O) groups excluding carboxylic acids is 1. The van der Waals surface area contributed by atoms with Crippen LogP contribution >= 0.6 is 0 Å². The van der Waals surface area contributed by atoms with Crippen LogP contribution in [-0.4, -0.2) is 15.8 Å². The maximum atomic E-state index is 11.3. The van der Waals surface area contributed by atoms with Crippen LogP contribution < -0.4 is 0 Å². The fraction of sp³-hybridized carbons (Fsp3) is 0.190. The molecule has 0 N–H and O–H groups in total. The van der Waals surface area contributed by atoms with Gasteiger partial charge in [0.25, 0.3) is 0 Å². The zero-order valence-electron chi connectivity index (χ0n) is 15.7. The lowest BCUT2D eigenvalue weighted by molar-refractivity contribution is 0.250. The Morgan fingerprint density at radius 1 is 0.679 bits per heavy atom. The van der Waals surface area contributed by atoms with E-state index in [9.17, 15) is 4.79 Å². The van der Waals surface area contributed by atoms with Gasteiger partial charge in [-0.05, 0) is 25.0 Å². The number of benzene rings is 2. The Morgan fingerprint density at radius 2 is 1.11 bits per heavy atom. The molecule has 2 aromatic carbocycles. The summed E-state index contributed by atoms with van der Waals surface area (Å²) >= 11 is 0. The second-order valence-electron chi connectivity index (χ2n) is 6.62. The van der Waals surface area contributed by atoms with E-state index in [4.69, 9.17) is 0 Å². The standard InChI is InChI=1S/C21H20N6O/c1-15(17-9-5-3-6-10-17)26-13-14-27(16(2)18-11-7-4-8-12-18)20(26)19-22-24-21(28)25-23-19/h3-16H,1-2H3/t15-,16-/m1/s1. The number of hydrogen-bond donors (Lipinski definition) is 0. The summed E-state index contributed by atoms with van der Waals surface area (Å²) < 4.78 is 0. The van der Waals surface area contributed by atoms with Crippen LogP contribution in [0.2, 0.25) is 0 Å². The molecule has 0 saturated heterocycles. The van der Waals surface area contributed by atoms with Crippen molar-refractivity contribution < 1.29 is 4.79 Å². The van der Waals surface area contributed by atoms with Gasteiger partial charge in [-0.1, -0.05) is 70.9 Å². The predicted molar refractivity (Wildman–Crippen MR) is 105 cm³/mol. The molecule has 7 nitrogen and oxygen atoms in total. The van der Waals surface area contributed by atoms with Crippen molar-refractivity contribution in [2.24, 2.45) is 20.5 Å². The van der Waals surface area contributed by atoms with Crippen LogP contribution in [0, 0.1) is 0 Å². The van der Waals surface area contributed by atoms with E-state index in [-0.39, 0.29) is 12.1 Å². The van der Waals surface area contributed by atoms with Crippen LogP contribution in [0.5, 0.6) is 0 Å². The first-order chi connectivity index (χ1) is 13.6. The van der Waals surface area contributed by atoms with Crippen LogP contribution in [0.15, 0.2) is 105 Å². The van der Waals surface area contributed by atoms with E-state index in [0.717, 1.165) is 16.9 Å². The zero-order valence-corrected chi connectivity index (χ0v) is 15.7. The van der Waals surface area contributed by atoms with Gasteiger partial charge in [0.05, 0.1) is 12.1 Å². The van der Waals surface area contributed by atoms with Crippen molar-refractivity contribution in [1.82, 2.24) is 9.80 Å². The third-order valence-electron chi connectivity index (χ3n) is 4.94. The topological polar surface area (TPSA) is 73.0 Å². The molecule has 4 rings (SSSR count). The van der Waals surface area contributed by atoms with Gasteiger partial charge in [-0.25, -0.2) is 4.79 Å². The van der Waals surface area contributed by atoms with Gasteiger partial charge in [0.1, 0.15) is 0 Å². The Bertz CT molecular complexity index is 905. The average molecular weight is 372 g/mol. The van der Waals surface area contributed by atoms with Crippen molar-refractivity contribution in [2.45, 2.75) is 25.9 Å². The van der Waals surface area contributed by atoms with Crippen molar-refractivity contribution in [3.63, 3.8) is 0 Å². The molecule has 2 atom stereocenters. The number of azo groups is 2. The summed E-state index contributed by atoms with van der Waals surface area (Å²) in [6.45, 7) is 4.22. The fourth-order valence-corrected chi connectivity index (χ4v) is 3.37. The molecule has 0 bridgehead atoms. The minimum absolute atomic E-state index is 0.0379. The van der Waals surface area contributed by atoms with Crippen LogP contribution in [0.3, 0.4) is 0 Å². The molecule has 140 valence electrons. The molecule has 7 heteroatoms. The van der Waals surface area contributed by atoms with E-state index >= 15 is 0 Å². The van der Waals surface area contributed by atoms with Crippen LogP contribution in [0.4, 0.5) is 4.79 Å². The normalized spacial score (nSPS) is 18.1. The van der Waals surface area contributed by atoms with Crippen LogP contribution in [0.1, 0.15) is 37.1 Å². The number of rotatable bonds is 4. The highest BCUT2D eigenvalue weighted by molar-refractivity contribution is 5.75. The van der Waals surface area contributed by atoms with Gasteiger partial charge in [0, 0.05) is 12.4 Å². The number of amides is 2. The molecule has 0 radical (unpaired) electrons. The van der Waals surface area contributed by atoms with E-state index in [0.29, 0.717) is 5.82 Å². The number of carbonyl (C=O) groups is 1. The van der Waals surface area contributed by atoms with Gasteiger partial charge < -0.3 is 9.80 Å². The van der Waals surface area contributed by atoms with Crippen molar-refractivity contribution in [3.05, 3.63) is 95.8 Å². The highest BCUT2D eigenvalue weighted by Crippen LogP contribution is 2.38. The molecule has 2 amide bonds. The van der Waals surface area contributed by atoms with Crippen molar-refractivity contribution in [1.29, 1.82) is 0 Å². The molecule has 2 aliphatic heterocycles. The zero-order chi connectivity index (χ0) is 19.5.